The van der Waals surface area contributed by atoms with E-state index in [0.717, 1.165) is 28.3 Å². The number of aliphatic hydroxyl groups is 1. The van der Waals surface area contributed by atoms with Crippen molar-refractivity contribution in [3.05, 3.63) is 59.9 Å². The smallest absolute Gasteiger partial charge is 0.126 e. The second kappa shape index (κ2) is 7.81. The summed E-state index contributed by atoms with van der Waals surface area (Å²) in [7, 11) is 1.93. The maximum atomic E-state index is 9.00. The first-order valence-electron chi connectivity index (χ1n) is 8.28. The molecule has 25 heavy (non-hydrogen) atoms. The molecule has 0 amide bonds. The quantitative estimate of drug-likeness (QED) is 0.618. The maximum absolute atomic E-state index is 9.00. The maximum Gasteiger partial charge on any atom is 0.126 e. The number of rotatable bonds is 7. The van der Waals surface area contributed by atoms with E-state index in [2.05, 4.69) is 45.6 Å². The lowest BCUT2D eigenvalue weighted by Crippen LogP contribution is -2.21. The number of benzene rings is 1. The van der Waals surface area contributed by atoms with Crippen molar-refractivity contribution in [3.8, 4) is 11.3 Å². The number of hydrogen-bond acceptors (Lipinski definition) is 5. The second-order valence-electron chi connectivity index (χ2n) is 6.04. The molecule has 0 saturated carbocycles. The molecule has 6 nitrogen and oxygen atoms in total. The van der Waals surface area contributed by atoms with E-state index < -0.39 is 0 Å². The number of aryl methyl sites for hydroxylation is 1. The highest BCUT2D eigenvalue weighted by molar-refractivity contribution is 5.64. The first-order chi connectivity index (χ1) is 12.2. The summed E-state index contributed by atoms with van der Waals surface area (Å²) in [6, 6.07) is 12.3. The van der Waals surface area contributed by atoms with Gasteiger partial charge in [-0.25, -0.2) is 4.98 Å². The van der Waals surface area contributed by atoms with Gasteiger partial charge in [0.15, 0.2) is 0 Å². The Balaban J connectivity index is 1.68. The molecule has 6 heteroatoms. The van der Waals surface area contributed by atoms with E-state index in [1.54, 1.807) is 6.20 Å². The monoisotopic (exact) mass is 337 g/mol. The fourth-order valence-corrected chi connectivity index (χ4v) is 2.68. The average molecular weight is 337 g/mol. The Kier molecular flexibility index (Phi) is 5.30. The standard InChI is InChI=1S/C19H23N5O/c1-14-4-3-5-15(10-14)19-16(12-22-23-19)11-20-18-7-6-17(13-21-18)24(2)8-9-25/h3-7,10,12-13,25H,8-9,11H2,1-2H3,(H,20,21)(H,22,23). The summed E-state index contributed by atoms with van der Waals surface area (Å²) in [6.45, 7) is 3.43. The van der Waals surface area contributed by atoms with E-state index in [4.69, 9.17) is 5.11 Å². The third kappa shape index (κ3) is 4.16. The van der Waals surface area contributed by atoms with Gasteiger partial charge in [-0.15, -0.1) is 0 Å². The first-order valence-corrected chi connectivity index (χ1v) is 8.28. The van der Waals surface area contributed by atoms with E-state index in [9.17, 15) is 0 Å². The van der Waals surface area contributed by atoms with Gasteiger partial charge in [0.25, 0.3) is 0 Å². The number of hydrogen-bond donors (Lipinski definition) is 3. The molecule has 1 aromatic carbocycles. The zero-order chi connectivity index (χ0) is 17.6. The van der Waals surface area contributed by atoms with Crippen LogP contribution < -0.4 is 10.2 Å². The number of pyridine rings is 1. The SMILES string of the molecule is Cc1cccc(-c2[nH]ncc2CNc2ccc(N(C)CCO)cn2)c1. The number of likely N-dealkylation sites (N-methyl/N-ethyl adjacent to an activating group) is 1. The number of aromatic amines is 1. The van der Waals surface area contributed by atoms with Crippen molar-refractivity contribution >= 4 is 11.5 Å². The molecule has 3 rings (SSSR count). The van der Waals surface area contributed by atoms with Crippen molar-refractivity contribution in [2.45, 2.75) is 13.5 Å². The molecule has 0 radical (unpaired) electrons. The lowest BCUT2D eigenvalue weighted by molar-refractivity contribution is 0.304. The van der Waals surface area contributed by atoms with Gasteiger partial charge in [0.1, 0.15) is 5.82 Å². The average Bonchev–Trinajstić information content (AvgIpc) is 3.09. The van der Waals surface area contributed by atoms with Crippen LogP contribution in [0.1, 0.15) is 11.1 Å². The molecule has 0 aliphatic carbocycles. The second-order valence-corrected chi connectivity index (χ2v) is 6.04. The molecular formula is C19H23N5O. The molecule has 3 N–H and O–H groups in total. The molecule has 0 fully saturated rings. The van der Waals surface area contributed by atoms with Gasteiger partial charge in [-0.05, 0) is 25.1 Å². The lowest BCUT2D eigenvalue weighted by atomic mass is 10.1. The molecule has 0 bridgehead atoms. The summed E-state index contributed by atoms with van der Waals surface area (Å²) in [5.41, 5.74) is 5.44. The van der Waals surface area contributed by atoms with Gasteiger partial charge in [-0.1, -0.05) is 23.8 Å². The van der Waals surface area contributed by atoms with Crippen molar-refractivity contribution < 1.29 is 5.11 Å². The number of anilines is 2. The van der Waals surface area contributed by atoms with Crippen LogP contribution in [-0.4, -0.2) is 40.5 Å². The highest BCUT2D eigenvalue weighted by atomic mass is 16.3. The topological polar surface area (TPSA) is 77.1 Å². The van der Waals surface area contributed by atoms with Crippen molar-refractivity contribution in [2.75, 3.05) is 30.4 Å². The Bertz CT molecular complexity index is 813. The predicted molar refractivity (Wildman–Crippen MR) is 101 cm³/mol. The fraction of sp³-hybridized carbons (Fsp3) is 0.263. The summed E-state index contributed by atoms with van der Waals surface area (Å²) in [6.07, 6.45) is 3.64. The molecule has 0 atom stereocenters. The number of H-pyrrole nitrogens is 1. The number of aromatic nitrogens is 3. The van der Waals surface area contributed by atoms with Crippen LogP contribution in [0.3, 0.4) is 0 Å². The molecule has 0 saturated heterocycles. The molecule has 3 aromatic rings. The summed E-state index contributed by atoms with van der Waals surface area (Å²) >= 11 is 0. The van der Waals surface area contributed by atoms with Gasteiger partial charge in [-0.2, -0.15) is 5.10 Å². The lowest BCUT2D eigenvalue weighted by Gasteiger charge is -2.17. The van der Waals surface area contributed by atoms with Gasteiger partial charge >= 0.3 is 0 Å². The minimum absolute atomic E-state index is 0.124. The minimum Gasteiger partial charge on any atom is -0.395 e. The Morgan fingerprint density at radius 1 is 1.20 bits per heavy atom. The molecule has 0 aliphatic heterocycles. The van der Waals surface area contributed by atoms with Crippen LogP contribution in [0.5, 0.6) is 0 Å². The highest BCUT2D eigenvalue weighted by Gasteiger charge is 2.08. The number of aliphatic hydroxyl groups excluding tert-OH is 1. The summed E-state index contributed by atoms with van der Waals surface area (Å²) in [5.74, 6) is 0.803. The Morgan fingerprint density at radius 3 is 2.80 bits per heavy atom. The van der Waals surface area contributed by atoms with Crippen molar-refractivity contribution in [1.29, 1.82) is 0 Å². The van der Waals surface area contributed by atoms with Crippen LogP contribution in [0.15, 0.2) is 48.8 Å². The zero-order valence-corrected chi connectivity index (χ0v) is 14.5. The van der Waals surface area contributed by atoms with Crippen LogP contribution in [0.4, 0.5) is 11.5 Å². The van der Waals surface area contributed by atoms with Crippen molar-refractivity contribution in [2.24, 2.45) is 0 Å². The van der Waals surface area contributed by atoms with Crippen LogP contribution >= 0.6 is 0 Å². The van der Waals surface area contributed by atoms with E-state index in [0.29, 0.717) is 13.1 Å². The summed E-state index contributed by atoms with van der Waals surface area (Å²) in [4.78, 5) is 6.39. The Hall–Kier alpha value is -2.86. The predicted octanol–water partition coefficient (Wildman–Crippen LogP) is 2.82. The van der Waals surface area contributed by atoms with Gasteiger partial charge in [0.2, 0.25) is 0 Å². The van der Waals surface area contributed by atoms with Crippen molar-refractivity contribution in [1.82, 2.24) is 15.2 Å². The van der Waals surface area contributed by atoms with Crippen molar-refractivity contribution in [3.63, 3.8) is 0 Å². The third-order valence-corrected chi connectivity index (χ3v) is 4.11. The van der Waals surface area contributed by atoms with E-state index >= 15 is 0 Å². The largest absolute Gasteiger partial charge is 0.395 e. The van der Waals surface area contributed by atoms with Crippen LogP contribution in [0, 0.1) is 6.92 Å². The summed E-state index contributed by atoms with van der Waals surface area (Å²) in [5, 5.41) is 19.6. The van der Waals surface area contributed by atoms with Gasteiger partial charge in [-0.3, -0.25) is 5.10 Å². The molecule has 130 valence electrons. The Labute approximate surface area is 147 Å². The van der Waals surface area contributed by atoms with E-state index in [-0.39, 0.29) is 6.61 Å². The highest BCUT2D eigenvalue weighted by Crippen LogP contribution is 2.23. The van der Waals surface area contributed by atoms with Crippen LogP contribution in [0.25, 0.3) is 11.3 Å². The van der Waals surface area contributed by atoms with Gasteiger partial charge < -0.3 is 15.3 Å². The fourth-order valence-electron chi connectivity index (χ4n) is 2.68. The molecule has 2 heterocycles. The molecule has 0 aliphatic rings. The van der Waals surface area contributed by atoms with Crippen LogP contribution in [-0.2, 0) is 6.54 Å². The molecule has 0 unspecified atom stereocenters. The van der Waals surface area contributed by atoms with E-state index in [1.165, 1.54) is 5.56 Å². The summed E-state index contributed by atoms with van der Waals surface area (Å²) < 4.78 is 0. The molecule has 0 spiro atoms. The molecule has 2 aromatic heterocycles. The zero-order valence-electron chi connectivity index (χ0n) is 14.5. The minimum atomic E-state index is 0.124. The van der Waals surface area contributed by atoms with Gasteiger partial charge in [0.05, 0.1) is 30.4 Å². The third-order valence-electron chi connectivity index (χ3n) is 4.11. The van der Waals surface area contributed by atoms with Crippen LogP contribution in [0.2, 0.25) is 0 Å². The number of nitrogens with zero attached hydrogens (tertiary/aromatic N) is 3. The van der Waals surface area contributed by atoms with Gasteiger partial charge in [0, 0.05) is 31.3 Å². The first kappa shape index (κ1) is 17.0. The number of nitrogens with one attached hydrogen (secondary N) is 2. The Morgan fingerprint density at radius 2 is 2.08 bits per heavy atom. The molecular weight excluding hydrogens is 314 g/mol. The van der Waals surface area contributed by atoms with E-state index in [1.807, 2.05) is 36.3 Å². The normalized spacial score (nSPS) is 10.7.